The normalized spacial score (nSPS) is 11.4. The van der Waals surface area contributed by atoms with E-state index in [-0.39, 0.29) is 12.3 Å². The first-order valence-electron chi connectivity index (χ1n) is 10.3. The van der Waals surface area contributed by atoms with Crippen molar-refractivity contribution in [1.29, 1.82) is 0 Å². The molecule has 31 heavy (non-hydrogen) atoms. The fraction of sp³-hybridized carbons (Fsp3) is 0.375. The molecule has 7 heteroatoms. The summed E-state index contributed by atoms with van der Waals surface area (Å²) in [5.41, 5.74) is 2.88. The topological polar surface area (TPSA) is 67.2 Å². The van der Waals surface area contributed by atoms with Crippen LogP contribution in [0.25, 0.3) is 16.9 Å². The fourth-order valence-electron chi connectivity index (χ4n) is 3.18. The van der Waals surface area contributed by atoms with Gasteiger partial charge in [-0.2, -0.15) is 0 Å². The summed E-state index contributed by atoms with van der Waals surface area (Å²) in [6.45, 7) is 6.28. The fourth-order valence-corrected chi connectivity index (χ4v) is 3.18. The van der Waals surface area contributed by atoms with Gasteiger partial charge < -0.3 is 18.9 Å². The Morgan fingerprint density at radius 2 is 1.61 bits per heavy atom. The number of ether oxygens (including phenoxy) is 1. The third-order valence-corrected chi connectivity index (χ3v) is 4.90. The highest BCUT2D eigenvalue weighted by Gasteiger charge is 2.22. The summed E-state index contributed by atoms with van der Waals surface area (Å²) in [5, 5.41) is 0. The standard InChI is InChI=1S/C24H30N4O3/c1-24(2,3)31-23(30)27(5)16-15-26(4)21(29)17-19-22(18-11-7-6-8-12-18)25-20-13-9-10-14-28(19)20/h6-14H,15-17H2,1-5H3. The number of nitrogens with zero attached hydrogens (tertiary/aromatic N) is 4. The SMILES string of the molecule is CN(CCN(C)C(=O)OC(C)(C)C)C(=O)Cc1c(-c2ccccc2)nc2ccccn12. The zero-order valence-corrected chi connectivity index (χ0v) is 18.8. The smallest absolute Gasteiger partial charge is 0.410 e. The summed E-state index contributed by atoms with van der Waals surface area (Å²) >= 11 is 0. The summed E-state index contributed by atoms with van der Waals surface area (Å²) < 4.78 is 7.32. The third-order valence-electron chi connectivity index (χ3n) is 4.90. The van der Waals surface area contributed by atoms with Gasteiger partial charge in [-0.3, -0.25) is 4.79 Å². The first-order chi connectivity index (χ1) is 14.7. The van der Waals surface area contributed by atoms with Crippen LogP contribution in [0.4, 0.5) is 4.79 Å². The van der Waals surface area contributed by atoms with E-state index in [1.807, 2.05) is 79.9 Å². The molecule has 0 atom stereocenters. The van der Waals surface area contributed by atoms with E-state index >= 15 is 0 Å². The number of likely N-dealkylation sites (N-methyl/N-ethyl adjacent to an activating group) is 2. The highest BCUT2D eigenvalue weighted by molar-refractivity contribution is 5.81. The van der Waals surface area contributed by atoms with E-state index in [2.05, 4.69) is 0 Å². The van der Waals surface area contributed by atoms with E-state index in [9.17, 15) is 9.59 Å². The number of imidazole rings is 1. The Bertz CT molecular complexity index is 1050. The Morgan fingerprint density at radius 3 is 2.29 bits per heavy atom. The summed E-state index contributed by atoms with van der Waals surface area (Å²) in [6, 6.07) is 15.7. The minimum atomic E-state index is -0.552. The Hall–Kier alpha value is -3.35. The number of fused-ring (bicyclic) bond motifs is 1. The van der Waals surface area contributed by atoms with E-state index < -0.39 is 11.7 Å². The Kier molecular flexibility index (Phi) is 6.63. The average molecular weight is 423 g/mol. The van der Waals surface area contributed by atoms with Gasteiger partial charge in [0.15, 0.2) is 0 Å². The Labute approximate surface area is 183 Å². The molecular weight excluding hydrogens is 392 g/mol. The van der Waals surface area contributed by atoms with E-state index in [0.717, 1.165) is 22.6 Å². The molecule has 7 nitrogen and oxygen atoms in total. The minimum Gasteiger partial charge on any atom is -0.444 e. The summed E-state index contributed by atoms with van der Waals surface area (Å²) in [5.74, 6) is -0.0413. The lowest BCUT2D eigenvalue weighted by atomic mass is 10.1. The van der Waals surface area contributed by atoms with Gasteiger partial charge in [-0.15, -0.1) is 0 Å². The summed E-state index contributed by atoms with van der Waals surface area (Å²) in [7, 11) is 3.42. The lowest BCUT2D eigenvalue weighted by Gasteiger charge is -2.26. The minimum absolute atomic E-state index is 0.0413. The second kappa shape index (κ2) is 9.20. The molecule has 0 spiro atoms. The van der Waals surface area contributed by atoms with Crippen LogP contribution in [-0.2, 0) is 16.0 Å². The number of hydrogen-bond acceptors (Lipinski definition) is 4. The number of aromatic nitrogens is 2. The van der Waals surface area contributed by atoms with Crippen molar-refractivity contribution < 1.29 is 14.3 Å². The Morgan fingerprint density at radius 1 is 0.968 bits per heavy atom. The number of benzene rings is 1. The van der Waals surface area contributed by atoms with Crippen LogP contribution in [0.5, 0.6) is 0 Å². The molecule has 0 aliphatic rings. The molecule has 3 aromatic rings. The maximum absolute atomic E-state index is 13.0. The highest BCUT2D eigenvalue weighted by Crippen LogP contribution is 2.25. The molecule has 3 rings (SSSR count). The van der Waals surface area contributed by atoms with Gasteiger partial charge in [0.2, 0.25) is 5.91 Å². The zero-order valence-electron chi connectivity index (χ0n) is 18.8. The number of pyridine rings is 1. The molecule has 0 N–H and O–H groups in total. The lowest BCUT2D eigenvalue weighted by Crippen LogP contribution is -2.40. The van der Waals surface area contributed by atoms with E-state index in [1.165, 1.54) is 4.90 Å². The van der Waals surface area contributed by atoms with Gasteiger partial charge in [-0.1, -0.05) is 36.4 Å². The maximum Gasteiger partial charge on any atom is 0.410 e. The number of carbonyl (C=O) groups is 2. The largest absolute Gasteiger partial charge is 0.444 e. The molecule has 164 valence electrons. The van der Waals surface area contributed by atoms with E-state index in [4.69, 9.17) is 9.72 Å². The quantitative estimate of drug-likeness (QED) is 0.605. The molecule has 0 radical (unpaired) electrons. The highest BCUT2D eigenvalue weighted by atomic mass is 16.6. The van der Waals surface area contributed by atoms with Crippen LogP contribution < -0.4 is 0 Å². The van der Waals surface area contributed by atoms with Crippen molar-refractivity contribution in [1.82, 2.24) is 19.2 Å². The number of rotatable bonds is 6. The molecule has 0 bridgehead atoms. The molecule has 2 amide bonds. The van der Waals surface area contributed by atoms with Gasteiger partial charge in [-0.05, 0) is 32.9 Å². The van der Waals surface area contributed by atoms with Gasteiger partial charge in [0.05, 0.1) is 17.8 Å². The summed E-state index contributed by atoms with van der Waals surface area (Å²) in [4.78, 5) is 33.0. The molecule has 1 aromatic carbocycles. The molecule has 0 saturated heterocycles. The van der Waals surface area contributed by atoms with Crippen molar-refractivity contribution in [3.05, 3.63) is 60.4 Å². The zero-order chi connectivity index (χ0) is 22.6. The van der Waals surface area contributed by atoms with Crippen molar-refractivity contribution in [2.24, 2.45) is 0 Å². The van der Waals surface area contributed by atoms with Crippen molar-refractivity contribution in [3.8, 4) is 11.3 Å². The summed E-state index contributed by atoms with van der Waals surface area (Å²) in [6.07, 6.45) is 1.73. The third kappa shape index (κ3) is 5.63. The first kappa shape index (κ1) is 22.3. The molecule has 0 fully saturated rings. The Balaban J connectivity index is 1.72. The van der Waals surface area contributed by atoms with Gasteiger partial charge in [-0.25, -0.2) is 9.78 Å². The molecule has 0 aliphatic heterocycles. The van der Waals surface area contributed by atoms with Crippen molar-refractivity contribution >= 4 is 17.6 Å². The van der Waals surface area contributed by atoms with Crippen molar-refractivity contribution in [2.75, 3.05) is 27.2 Å². The van der Waals surface area contributed by atoms with Gasteiger partial charge in [0.1, 0.15) is 11.2 Å². The molecule has 0 unspecified atom stereocenters. The maximum atomic E-state index is 13.0. The molecular formula is C24H30N4O3. The average Bonchev–Trinajstić information content (AvgIpc) is 3.09. The van der Waals surface area contributed by atoms with E-state index in [0.29, 0.717) is 13.1 Å². The second-order valence-electron chi connectivity index (χ2n) is 8.60. The van der Waals surface area contributed by atoms with Crippen LogP contribution in [0.2, 0.25) is 0 Å². The van der Waals surface area contributed by atoms with Crippen LogP contribution in [0, 0.1) is 0 Å². The number of amides is 2. The van der Waals surface area contributed by atoms with Crippen LogP contribution in [0.15, 0.2) is 54.7 Å². The molecule has 0 aliphatic carbocycles. The van der Waals surface area contributed by atoms with Crippen LogP contribution in [-0.4, -0.2) is 64.0 Å². The first-order valence-corrected chi connectivity index (χ1v) is 10.3. The molecule has 2 aromatic heterocycles. The predicted octanol–water partition coefficient (Wildman–Crippen LogP) is 3.87. The molecule has 2 heterocycles. The van der Waals surface area contributed by atoms with Crippen molar-refractivity contribution in [2.45, 2.75) is 32.8 Å². The van der Waals surface area contributed by atoms with Crippen molar-refractivity contribution in [3.63, 3.8) is 0 Å². The van der Waals surface area contributed by atoms with Gasteiger partial charge >= 0.3 is 6.09 Å². The van der Waals surface area contributed by atoms with Gasteiger partial charge in [0.25, 0.3) is 0 Å². The molecule has 0 saturated carbocycles. The lowest BCUT2D eigenvalue weighted by molar-refractivity contribution is -0.129. The number of carbonyl (C=O) groups excluding carboxylic acids is 2. The van der Waals surface area contributed by atoms with Crippen LogP contribution in [0.1, 0.15) is 26.5 Å². The van der Waals surface area contributed by atoms with Crippen LogP contribution >= 0.6 is 0 Å². The predicted molar refractivity (Wildman–Crippen MR) is 121 cm³/mol. The van der Waals surface area contributed by atoms with Crippen LogP contribution in [0.3, 0.4) is 0 Å². The van der Waals surface area contributed by atoms with E-state index in [1.54, 1.807) is 19.0 Å². The van der Waals surface area contributed by atoms with Gasteiger partial charge in [0, 0.05) is 38.9 Å². The monoisotopic (exact) mass is 422 g/mol. The second-order valence-corrected chi connectivity index (χ2v) is 8.60. The number of hydrogen-bond donors (Lipinski definition) is 0.